The maximum absolute atomic E-state index is 13.6. The highest BCUT2D eigenvalue weighted by Crippen LogP contribution is 2.36. The van der Waals surface area contributed by atoms with Crippen molar-refractivity contribution in [3.8, 4) is 11.8 Å². The second kappa shape index (κ2) is 6.24. The van der Waals surface area contributed by atoms with Crippen molar-refractivity contribution in [3.05, 3.63) is 35.1 Å². The van der Waals surface area contributed by atoms with E-state index in [1.165, 1.54) is 6.07 Å². The molecule has 0 spiro atoms. The zero-order chi connectivity index (χ0) is 14.7. The normalized spacial score (nSPS) is 13.8. The number of thioether (sulfide) groups is 1. The van der Waals surface area contributed by atoms with Crippen LogP contribution < -0.4 is 5.73 Å². The molecule has 0 unspecified atom stereocenters. The summed E-state index contributed by atoms with van der Waals surface area (Å²) in [6.45, 7) is 0.217. The summed E-state index contributed by atoms with van der Waals surface area (Å²) in [6.07, 6.45) is 2.27. The van der Waals surface area contributed by atoms with E-state index >= 15 is 0 Å². The number of aromatic nitrogens is 4. The van der Waals surface area contributed by atoms with Crippen LogP contribution in [0.2, 0.25) is 0 Å². The van der Waals surface area contributed by atoms with Gasteiger partial charge in [-0.15, -0.1) is 5.10 Å². The molecule has 7 heteroatoms. The minimum atomic E-state index is -0.326. The van der Waals surface area contributed by atoms with Gasteiger partial charge >= 0.3 is 0 Å². The Kier molecular flexibility index (Phi) is 4.18. The molecule has 0 radical (unpaired) electrons. The number of halogens is 1. The fraction of sp³-hybridized carbons (Fsp3) is 0.357. The van der Waals surface area contributed by atoms with E-state index in [1.54, 1.807) is 23.9 Å². The third-order valence-corrected chi connectivity index (χ3v) is 4.08. The van der Waals surface area contributed by atoms with Crippen molar-refractivity contribution in [2.24, 2.45) is 5.73 Å². The Labute approximate surface area is 126 Å². The lowest BCUT2D eigenvalue weighted by atomic mass is 10.1. The van der Waals surface area contributed by atoms with Crippen LogP contribution in [0, 0.1) is 17.7 Å². The highest BCUT2D eigenvalue weighted by molar-refractivity contribution is 7.98. The molecule has 1 fully saturated rings. The lowest BCUT2D eigenvalue weighted by Gasteiger charge is -2.04. The van der Waals surface area contributed by atoms with Crippen LogP contribution in [0.15, 0.2) is 23.4 Å². The molecule has 1 saturated carbocycles. The van der Waals surface area contributed by atoms with E-state index in [0.29, 0.717) is 17.4 Å². The van der Waals surface area contributed by atoms with Crippen molar-refractivity contribution >= 4 is 11.8 Å². The van der Waals surface area contributed by atoms with Crippen LogP contribution in [-0.2, 0) is 5.75 Å². The van der Waals surface area contributed by atoms with Gasteiger partial charge in [-0.1, -0.05) is 29.7 Å². The molecule has 0 aliphatic heterocycles. The first kappa shape index (κ1) is 14.0. The summed E-state index contributed by atoms with van der Waals surface area (Å²) in [4.78, 5) is 0. The quantitative estimate of drug-likeness (QED) is 0.688. The Balaban J connectivity index is 1.71. The van der Waals surface area contributed by atoms with Crippen molar-refractivity contribution in [2.75, 3.05) is 6.54 Å². The topological polar surface area (TPSA) is 69.6 Å². The molecule has 0 amide bonds. The van der Waals surface area contributed by atoms with E-state index < -0.39 is 0 Å². The molecule has 108 valence electrons. The minimum Gasteiger partial charge on any atom is -0.320 e. The van der Waals surface area contributed by atoms with Gasteiger partial charge in [0.15, 0.2) is 0 Å². The minimum absolute atomic E-state index is 0.217. The Hall–Kier alpha value is -1.91. The number of rotatable bonds is 4. The van der Waals surface area contributed by atoms with E-state index in [-0.39, 0.29) is 12.4 Å². The van der Waals surface area contributed by atoms with E-state index in [2.05, 4.69) is 27.4 Å². The summed E-state index contributed by atoms with van der Waals surface area (Å²) < 4.78 is 15.5. The van der Waals surface area contributed by atoms with Gasteiger partial charge in [-0.05, 0) is 41.0 Å². The summed E-state index contributed by atoms with van der Waals surface area (Å²) >= 11 is 1.55. The fourth-order valence-electron chi connectivity index (χ4n) is 1.88. The fourth-order valence-corrected chi connectivity index (χ4v) is 2.77. The predicted octanol–water partition coefficient (Wildman–Crippen LogP) is 1.75. The van der Waals surface area contributed by atoms with Gasteiger partial charge in [0.1, 0.15) is 5.82 Å². The molecule has 0 saturated heterocycles. The van der Waals surface area contributed by atoms with Crippen LogP contribution in [0.1, 0.15) is 30.0 Å². The van der Waals surface area contributed by atoms with Crippen LogP contribution in [0.25, 0.3) is 0 Å². The summed E-state index contributed by atoms with van der Waals surface area (Å²) in [6, 6.07) is 5.37. The lowest BCUT2D eigenvalue weighted by Crippen LogP contribution is -1.99. The molecule has 1 aliphatic rings. The Bertz CT molecular complexity index is 699. The van der Waals surface area contributed by atoms with Crippen molar-refractivity contribution in [1.29, 1.82) is 0 Å². The number of hydrogen-bond acceptors (Lipinski definition) is 5. The molecule has 5 nitrogen and oxygen atoms in total. The third kappa shape index (κ3) is 3.40. The second-order valence-electron chi connectivity index (χ2n) is 4.75. The Morgan fingerprint density at radius 2 is 2.29 bits per heavy atom. The summed E-state index contributed by atoms with van der Waals surface area (Å²) in [5, 5.41) is 12.5. The zero-order valence-electron chi connectivity index (χ0n) is 11.3. The SMILES string of the molecule is NCC#Cc1cc(CSc2nnnn2C2CC2)ccc1F. The van der Waals surface area contributed by atoms with Crippen molar-refractivity contribution < 1.29 is 4.39 Å². The molecule has 21 heavy (non-hydrogen) atoms. The summed E-state index contributed by atoms with van der Waals surface area (Å²) in [5.74, 6) is 5.76. The van der Waals surface area contributed by atoms with Crippen LogP contribution in [0.4, 0.5) is 4.39 Å². The first-order valence-electron chi connectivity index (χ1n) is 6.66. The van der Waals surface area contributed by atoms with Gasteiger partial charge in [0.05, 0.1) is 18.2 Å². The molecule has 1 aliphatic carbocycles. The van der Waals surface area contributed by atoms with Gasteiger partial charge in [0, 0.05) is 5.75 Å². The molecule has 0 atom stereocenters. The van der Waals surface area contributed by atoms with Gasteiger partial charge in [0.2, 0.25) is 5.16 Å². The van der Waals surface area contributed by atoms with Gasteiger partial charge in [-0.2, -0.15) is 0 Å². The van der Waals surface area contributed by atoms with Crippen LogP contribution in [0.5, 0.6) is 0 Å². The average Bonchev–Trinajstić information content (AvgIpc) is 3.24. The third-order valence-electron chi connectivity index (χ3n) is 3.08. The van der Waals surface area contributed by atoms with E-state index in [1.807, 2.05) is 4.68 Å². The number of nitrogens with zero attached hydrogens (tertiary/aromatic N) is 4. The molecule has 0 bridgehead atoms. The maximum atomic E-state index is 13.6. The molecule has 2 aromatic rings. The lowest BCUT2D eigenvalue weighted by molar-refractivity contribution is 0.565. The molecule has 3 rings (SSSR count). The van der Waals surface area contributed by atoms with E-state index in [9.17, 15) is 4.39 Å². The molecular weight excluding hydrogens is 289 g/mol. The highest BCUT2D eigenvalue weighted by Gasteiger charge is 2.27. The van der Waals surface area contributed by atoms with E-state index in [4.69, 9.17) is 5.73 Å². The number of benzene rings is 1. The molecule has 1 aromatic carbocycles. The molecule has 2 N–H and O–H groups in total. The molecule has 1 heterocycles. The monoisotopic (exact) mass is 303 g/mol. The van der Waals surface area contributed by atoms with Gasteiger partial charge in [-0.25, -0.2) is 9.07 Å². The summed E-state index contributed by atoms with van der Waals surface area (Å²) in [5.41, 5.74) is 6.67. The standard InChI is InChI=1S/C14H14FN5S/c15-13-6-3-10(8-11(13)2-1-7-16)9-21-14-17-18-19-20(14)12-4-5-12/h3,6,8,12H,4-5,7,9,16H2. The first-order valence-corrected chi connectivity index (χ1v) is 7.64. The summed E-state index contributed by atoms with van der Waals surface area (Å²) in [7, 11) is 0. The highest BCUT2D eigenvalue weighted by atomic mass is 32.2. The molecule has 1 aromatic heterocycles. The zero-order valence-corrected chi connectivity index (χ0v) is 12.1. The number of tetrazole rings is 1. The Morgan fingerprint density at radius 3 is 3.05 bits per heavy atom. The largest absolute Gasteiger partial charge is 0.320 e. The van der Waals surface area contributed by atoms with Crippen molar-refractivity contribution in [3.63, 3.8) is 0 Å². The first-order chi connectivity index (χ1) is 10.3. The van der Waals surface area contributed by atoms with E-state index in [0.717, 1.165) is 23.6 Å². The average molecular weight is 303 g/mol. The number of hydrogen-bond donors (Lipinski definition) is 1. The van der Waals surface area contributed by atoms with Crippen molar-refractivity contribution in [1.82, 2.24) is 20.2 Å². The van der Waals surface area contributed by atoms with Crippen molar-refractivity contribution in [2.45, 2.75) is 29.8 Å². The predicted molar refractivity (Wildman–Crippen MR) is 78.0 cm³/mol. The van der Waals surface area contributed by atoms with Gasteiger partial charge in [-0.3, -0.25) is 0 Å². The van der Waals surface area contributed by atoms with Crippen LogP contribution in [0.3, 0.4) is 0 Å². The maximum Gasteiger partial charge on any atom is 0.209 e. The smallest absolute Gasteiger partial charge is 0.209 e. The second-order valence-corrected chi connectivity index (χ2v) is 5.69. The van der Waals surface area contributed by atoms with Crippen LogP contribution in [-0.4, -0.2) is 26.8 Å². The molecular formula is C14H14FN5S. The Morgan fingerprint density at radius 1 is 1.43 bits per heavy atom. The number of nitrogens with two attached hydrogens (primary N) is 1. The van der Waals surface area contributed by atoms with Gasteiger partial charge in [0.25, 0.3) is 0 Å². The van der Waals surface area contributed by atoms with Crippen LogP contribution >= 0.6 is 11.8 Å². The van der Waals surface area contributed by atoms with Gasteiger partial charge < -0.3 is 5.73 Å².